The van der Waals surface area contributed by atoms with Crippen molar-refractivity contribution in [3.63, 3.8) is 0 Å². The highest BCUT2D eigenvalue weighted by Crippen LogP contribution is 2.26. The topological polar surface area (TPSA) is 53.7 Å². The van der Waals surface area contributed by atoms with E-state index in [-0.39, 0.29) is 0 Å². The minimum Gasteiger partial charge on any atom is -0.457 e. The molecule has 0 spiro atoms. The predicted molar refractivity (Wildman–Crippen MR) is 109 cm³/mol. The number of hydrogen-bond donors (Lipinski definition) is 0. The molecule has 140 valence electrons. The van der Waals surface area contributed by atoms with E-state index in [0.717, 1.165) is 34.4 Å². The number of aromatic nitrogens is 6. The fraction of sp³-hybridized carbons (Fsp3) is 0. The molecule has 2 aromatic carbocycles. The number of nitrogens with zero attached hydrogens (tertiary/aromatic N) is 6. The maximum Gasteiger partial charge on any atom is 0.218 e. The number of fused-ring (bicyclic) bond motifs is 2. The Labute approximate surface area is 165 Å². The van der Waals surface area contributed by atoms with Gasteiger partial charge in [0.05, 0.1) is 11.4 Å². The lowest BCUT2D eigenvalue weighted by atomic mass is 10.2. The average molecular weight is 380 g/mol. The van der Waals surface area contributed by atoms with Crippen molar-refractivity contribution in [3.05, 3.63) is 98.1 Å². The van der Waals surface area contributed by atoms with Gasteiger partial charge in [0.1, 0.15) is 11.5 Å². The van der Waals surface area contributed by atoms with Gasteiger partial charge in [0.15, 0.2) is 0 Å². The Morgan fingerprint density at radius 1 is 0.586 bits per heavy atom. The van der Waals surface area contributed by atoms with E-state index in [2.05, 4.69) is 9.97 Å². The fourth-order valence-corrected chi connectivity index (χ4v) is 3.56. The molecule has 4 heterocycles. The van der Waals surface area contributed by atoms with Crippen molar-refractivity contribution in [1.29, 1.82) is 0 Å². The van der Waals surface area contributed by atoms with Crippen molar-refractivity contribution < 1.29 is 4.74 Å². The molecule has 0 atom stereocenters. The summed E-state index contributed by atoms with van der Waals surface area (Å²) in [5.74, 6) is 3.24. The van der Waals surface area contributed by atoms with Crippen LogP contribution in [0, 0.1) is 0 Å². The molecular weight excluding hydrogens is 364 g/mol. The maximum atomic E-state index is 6.16. The summed E-state index contributed by atoms with van der Waals surface area (Å²) in [5.41, 5.74) is 1.98. The monoisotopic (exact) mass is 380 g/mol. The first-order valence-electron chi connectivity index (χ1n) is 9.24. The second-order valence-corrected chi connectivity index (χ2v) is 6.70. The van der Waals surface area contributed by atoms with Crippen LogP contribution in [0.3, 0.4) is 0 Å². The molecule has 0 saturated carbocycles. The molecule has 0 aliphatic carbocycles. The normalized spacial score (nSPS) is 11.4. The Kier molecular flexibility index (Phi) is 3.33. The fourth-order valence-electron chi connectivity index (χ4n) is 3.56. The van der Waals surface area contributed by atoms with Gasteiger partial charge >= 0.3 is 0 Å². The van der Waals surface area contributed by atoms with E-state index in [9.17, 15) is 0 Å². The highest BCUT2D eigenvalue weighted by molar-refractivity contribution is 5.50. The molecule has 29 heavy (non-hydrogen) atoms. The number of ether oxygens (including phenoxy) is 1. The van der Waals surface area contributed by atoms with Crippen LogP contribution in [0.15, 0.2) is 98.1 Å². The maximum absolute atomic E-state index is 6.16. The molecule has 7 nitrogen and oxygen atoms in total. The van der Waals surface area contributed by atoms with Gasteiger partial charge in [-0.15, -0.1) is 0 Å². The van der Waals surface area contributed by atoms with Gasteiger partial charge in [-0.3, -0.25) is 17.9 Å². The van der Waals surface area contributed by atoms with Crippen molar-refractivity contribution in [2.75, 3.05) is 0 Å². The summed E-state index contributed by atoms with van der Waals surface area (Å²) in [6.07, 6.45) is 15.4. The summed E-state index contributed by atoms with van der Waals surface area (Å²) in [6.45, 7) is 0. The minimum absolute atomic E-state index is 0.761. The molecule has 7 heteroatoms. The summed E-state index contributed by atoms with van der Waals surface area (Å²) in [6, 6.07) is 15.9. The van der Waals surface area contributed by atoms with Crippen LogP contribution in [-0.4, -0.2) is 27.9 Å². The number of benzene rings is 2. The van der Waals surface area contributed by atoms with E-state index in [0.29, 0.717) is 0 Å². The molecule has 6 aromatic rings. The SMILES string of the molecule is c1cc(Oc2cccc(-n3ccn4ccnc34)c2)cc(-n2ccn3ccnc23)c1. The Morgan fingerprint density at radius 3 is 1.62 bits per heavy atom. The van der Waals surface area contributed by atoms with Gasteiger partial charge in [-0.05, 0) is 24.3 Å². The quantitative estimate of drug-likeness (QED) is 0.457. The van der Waals surface area contributed by atoms with Crippen LogP contribution >= 0.6 is 0 Å². The average Bonchev–Trinajstić information content (AvgIpc) is 3.49. The van der Waals surface area contributed by atoms with E-state index in [4.69, 9.17) is 4.74 Å². The highest BCUT2D eigenvalue weighted by Gasteiger charge is 2.08. The molecule has 0 radical (unpaired) electrons. The van der Waals surface area contributed by atoms with Crippen molar-refractivity contribution in [3.8, 4) is 22.9 Å². The van der Waals surface area contributed by atoms with Gasteiger partial charge in [0, 0.05) is 61.7 Å². The number of rotatable bonds is 4. The minimum atomic E-state index is 0.761. The van der Waals surface area contributed by atoms with Crippen molar-refractivity contribution in [1.82, 2.24) is 27.9 Å². The first-order valence-corrected chi connectivity index (χ1v) is 9.24. The van der Waals surface area contributed by atoms with Crippen molar-refractivity contribution in [2.24, 2.45) is 0 Å². The van der Waals surface area contributed by atoms with Gasteiger partial charge in [-0.1, -0.05) is 12.1 Å². The molecule has 0 N–H and O–H groups in total. The van der Waals surface area contributed by atoms with Crippen LogP contribution in [0.4, 0.5) is 0 Å². The van der Waals surface area contributed by atoms with Gasteiger partial charge in [0.25, 0.3) is 0 Å². The second kappa shape index (κ2) is 6.13. The van der Waals surface area contributed by atoms with Crippen LogP contribution < -0.4 is 4.74 Å². The van der Waals surface area contributed by atoms with Crippen LogP contribution in [0.5, 0.6) is 11.5 Å². The zero-order chi connectivity index (χ0) is 19.2. The van der Waals surface area contributed by atoms with Crippen LogP contribution in [0.1, 0.15) is 0 Å². The summed E-state index contributed by atoms with van der Waals surface area (Å²) in [5, 5.41) is 0. The number of hydrogen-bond acceptors (Lipinski definition) is 3. The van der Waals surface area contributed by atoms with E-state index < -0.39 is 0 Å². The highest BCUT2D eigenvalue weighted by atomic mass is 16.5. The molecule has 0 bridgehead atoms. The van der Waals surface area contributed by atoms with Gasteiger partial charge < -0.3 is 4.74 Å². The zero-order valence-corrected chi connectivity index (χ0v) is 15.3. The number of imidazole rings is 4. The Hall–Kier alpha value is -4.26. The third kappa shape index (κ3) is 2.60. The van der Waals surface area contributed by atoms with Crippen LogP contribution in [-0.2, 0) is 0 Å². The van der Waals surface area contributed by atoms with Gasteiger partial charge in [0.2, 0.25) is 11.6 Å². The Morgan fingerprint density at radius 2 is 1.10 bits per heavy atom. The summed E-state index contributed by atoms with van der Waals surface area (Å²) < 4.78 is 14.2. The third-order valence-electron chi connectivity index (χ3n) is 4.91. The molecule has 0 aliphatic rings. The first kappa shape index (κ1) is 15.8. The van der Waals surface area contributed by atoms with Crippen LogP contribution in [0.2, 0.25) is 0 Å². The lowest BCUT2D eigenvalue weighted by Gasteiger charge is -2.10. The lowest BCUT2D eigenvalue weighted by molar-refractivity contribution is 0.482. The standard InChI is InChI=1S/C22H16N6O/c1-3-17(27-13-11-25-9-7-23-21(25)27)15-19(5-1)29-20-6-2-4-18(16-20)28-14-12-26-10-8-24-22(26)28/h1-16H. The van der Waals surface area contributed by atoms with E-state index in [1.807, 2.05) is 104 Å². The van der Waals surface area contributed by atoms with E-state index >= 15 is 0 Å². The molecule has 0 saturated heterocycles. The molecule has 6 rings (SSSR count). The van der Waals surface area contributed by atoms with Crippen molar-refractivity contribution >= 4 is 11.6 Å². The Bertz CT molecular complexity index is 1340. The third-order valence-corrected chi connectivity index (χ3v) is 4.91. The summed E-state index contributed by atoms with van der Waals surface area (Å²) in [7, 11) is 0. The summed E-state index contributed by atoms with van der Waals surface area (Å²) in [4.78, 5) is 8.81. The summed E-state index contributed by atoms with van der Waals surface area (Å²) >= 11 is 0. The molecular formula is C22H16N6O. The van der Waals surface area contributed by atoms with E-state index in [1.165, 1.54) is 0 Å². The lowest BCUT2D eigenvalue weighted by Crippen LogP contribution is -1.96. The largest absolute Gasteiger partial charge is 0.457 e. The predicted octanol–water partition coefficient (Wildman–Crippen LogP) is 4.36. The van der Waals surface area contributed by atoms with Crippen LogP contribution in [0.25, 0.3) is 22.9 Å². The van der Waals surface area contributed by atoms with Gasteiger partial charge in [-0.25, -0.2) is 9.97 Å². The van der Waals surface area contributed by atoms with E-state index in [1.54, 1.807) is 12.4 Å². The molecule has 4 aromatic heterocycles. The molecule has 0 aliphatic heterocycles. The van der Waals surface area contributed by atoms with Gasteiger partial charge in [-0.2, -0.15) is 0 Å². The second-order valence-electron chi connectivity index (χ2n) is 6.70. The zero-order valence-electron chi connectivity index (χ0n) is 15.3. The smallest absolute Gasteiger partial charge is 0.218 e. The Balaban J connectivity index is 1.34. The molecule has 0 amide bonds. The molecule has 0 unspecified atom stereocenters. The first-order chi connectivity index (χ1) is 14.3. The van der Waals surface area contributed by atoms with Crippen molar-refractivity contribution in [2.45, 2.75) is 0 Å². The molecule has 0 fully saturated rings.